The molecular formula is C31H52FN3O3. The van der Waals surface area contributed by atoms with Crippen LogP contribution in [0.25, 0.3) is 0 Å². The fraction of sp³-hybridized carbons (Fsp3) is 0.613. The van der Waals surface area contributed by atoms with Crippen molar-refractivity contribution in [3.05, 3.63) is 53.1 Å². The summed E-state index contributed by atoms with van der Waals surface area (Å²) in [7, 11) is 4.07. The first-order chi connectivity index (χ1) is 18.0. The highest BCUT2D eigenvalue weighted by Gasteiger charge is 2.23. The van der Waals surface area contributed by atoms with Crippen molar-refractivity contribution in [1.29, 1.82) is 0 Å². The molecule has 0 aliphatic carbocycles. The number of aromatic nitrogens is 1. The van der Waals surface area contributed by atoms with Crippen molar-refractivity contribution in [3.8, 4) is 5.75 Å². The highest BCUT2D eigenvalue weighted by atomic mass is 19.1. The number of nitrogens with zero attached hydrogens (tertiary/aromatic N) is 3. The van der Waals surface area contributed by atoms with Gasteiger partial charge >= 0.3 is 0 Å². The largest absolute Gasteiger partial charge is 0.488 e. The molecule has 0 N–H and O–H groups in total. The zero-order valence-corrected chi connectivity index (χ0v) is 25.5. The Hall–Kier alpha value is -2.67. The molecule has 0 radical (unpaired) electrons. The number of carbonyl (C=O) groups is 2. The molecule has 0 spiro atoms. The van der Waals surface area contributed by atoms with Crippen LogP contribution in [0.1, 0.15) is 89.0 Å². The van der Waals surface area contributed by atoms with Crippen LogP contribution in [0, 0.1) is 18.7 Å². The van der Waals surface area contributed by atoms with Gasteiger partial charge in [0.25, 0.3) is 0 Å². The molecule has 0 saturated carbocycles. The smallest absolute Gasteiger partial charge is 0.209 e. The first kappa shape index (κ1) is 35.3. The van der Waals surface area contributed by atoms with Gasteiger partial charge in [-0.25, -0.2) is 4.39 Å². The van der Waals surface area contributed by atoms with Crippen molar-refractivity contribution in [3.63, 3.8) is 0 Å². The maximum atomic E-state index is 13.1. The first-order valence-corrected chi connectivity index (χ1v) is 13.9. The lowest BCUT2D eigenvalue weighted by Gasteiger charge is -2.30. The first-order valence-electron chi connectivity index (χ1n) is 13.9. The van der Waals surface area contributed by atoms with Crippen molar-refractivity contribution >= 4 is 12.7 Å². The molecular weight excluding hydrogens is 481 g/mol. The number of ether oxygens (including phenoxy) is 1. The summed E-state index contributed by atoms with van der Waals surface area (Å²) in [5, 5.41) is 0. The maximum absolute atomic E-state index is 13.1. The Morgan fingerprint density at radius 1 is 1.03 bits per heavy atom. The van der Waals surface area contributed by atoms with Crippen LogP contribution in [0.2, 0.25) is 0 Å². The summed E-state index contributed by atoms with van der Waals surface area (Å²) in [5.74, 6) is 1.32. The van der Waals surface area contributed by atoms with Crippen molar-refractivity contribution in [2.75, 3.05) is 33.7 Å². The van der Waals surface area contributed by atoms with Crippen LogP contribution in [-0.4, -0.2) is 66.9 Å². The summed E-state index contributed by atoms with van der Waals surface area (Å²) in [6, 6.07) is 8.94. The monoisotopic (exact) mass is 533 g/mol. The molecule has 2 aromatic rings. The molecule has 7 heteroatoms. The molecule has 1 aliphatic heterocycles. The van der Waals surface area contributed by atoms with Gasteiger partial charge in [0.1, 0.15) is 0 Å². The van der Waals surface area contributed by atoms with Crippen LogP contribution < -0.4 is 4.74 Å². The lowest BCUT2D eigenvalue weighted by molar-refractivity contribution is -0.119. The number of likely N-dealkylation sites (N-methyl/N-ethyl adjacent to an activating group) is 1. The van der Waals surface area contributed by atoms with E-state index in [1.807, 2.05) is 65.7 Å². The van der Waals surface area contributed by atoms with Crippen LogP contribution in [0.5, 0.6) is 5.75 Å². The van der Waals surface area contributed by atoms with E-state index in [9.17, 15) is 14.0 Å². The quantitative estimate of drug-likeness (QED) is 0.350. The molecule has 6 nitrogen and oxygen atoms in total. The molecule has 2 heterocycles. The molecule has 3 rings (SSSR count). The summed E-state index contributed by atoms with van der Waals surface area (Å²) in [5.41, 5.74) is 2.89. The zero-order valence-electron chi connectivity index (χ0n) is 25.5. The van der Waals surface area contributed by atoms with Crippen molar-refractivity contribution in [2.24, 2.45) is 5.92 Å². The number of piperidine rings is 1. The Morgan fingerprint density at radius 2 is 1.61 bits per heavy atom. The van der Waals surface area contributed by atoms with Gasteiger partial charge in [0, 0.05) is 37.8 Å². The average molecular weight is 534 g/mol. The minimum Gasteiger partial charge on any atom is -0.488 e. The summed E-state index contributed by atoms with van der Waals surface area (Å²) < 4.78 is 20.4. The fourth-order valence-electron chi connectivity index (χ4n) is 3.77. The molecule has 1 amide bonds. The van der Waals surface area contributed by atoms with Crippen LogP contribution in [0.3, 0.4) is 0 Å². The summed E-state index contributed by atoms with van der Waals surface area (Å²) in [6.45, 7) is 19.5. The van der Waals surface area contributed by atoms with E-state index >= 15 is 0 Å². The fourth-order valence-corrected chi connectivity index (χ4v) is 3.77. The average Bonchev–Trinajstić information content (AvgIpc) is 3.28. The number of carbonyl (C=O) groups excluding carboxylic acids is 2. The summed E-state index contributed by atoms with van der Waals surface area (Å²) in [6.07, 6.45) is 3.83. The van der Waals surface area contributed by atoms with Crippen molar-refractivity contribution < 1.29 is 18.7 Å². The normalized spacial score (nSPS) is 13.2. The molecule has 0 bridgehead atoms. The zero-order chi connectivity index (χ0) is 29.3. The number of hydrogen-bond donors (Lipinski definition) is 0. The molecule has 0 unspecified atom stereocenters. The molecule has 1 fully saturated rings. The molecule has 1 aliphatic rings. The third-order valence-electron chi connectivity index (χ3n) is 5.49. The molecule has 0 atom stereocenters. The lowest BCUT2D eigenvalue weighted by Crippen LogP contribution is -2.32. The van der Waals surface area contributed by atoms with Crippen LogP contribution in [0.4, 0.5) is 4.39 Å². The van der Waals surface area contributed by atoms with Crippen LogP contribution >= 0.6 is 0 Å². The van der Waals surface area contributed by atoms with E-state index < -0.39 is 0 Å². The minimum atomic E-state index is -0.288. The number of amides is 1. The van der Waals surface area contributed by atoms with Crippen molar-refractivity contribution in [2.45, 2.75) is 86.8 Å². The van der Waals surface area contributed by atoms with E-state index in [4.69, 9.17) is 4.74 Å². The van der Waals surface area contributed by atoms with E-state index in [1.165, 1.54) is 11.8 Å². The molecule has 1 aromatic heterocycles. The second kappa shape index (κ2) is 19.4. The van der Waals surface area contributed by atoms with Gasteiger partial charge in [-0.15, -0.1) is 0 Å². The number of likely N-dealkylation sites (tertiary alicyclic amines) is 1. The Balaban J connectivity index is 0.000000645. The number of hydrogen-bond acceptors (Lipinski definition) is 4. The standard InChI is InChI=1S/C15H23N3O2.C10H13FO.C4H10.C2H6/c1-16(2)9-10-18-14(11-19)3-4-15(18)13-5-7-17(12-20)8-6-13;1-7(2)12-10-5-4-8(3)6-9(10)11;1-4(2)3;1-2/h3-4,11-13H,5-10H2,1-2H3;4-7H,1-3H3;4H,1-3H3;1-2H3. The van der Waals surface area contributed by atoms with Gasteiger partial charge in [-0.3, -0.25) is 9.59 Å². The number of rotatable bonds is 8. The van der Waals surface area contributed by atoms with Gasteiger partial charge in [0.2, 0.25) is 6.41 Å². The van der Waals surface area contributed by atoms with Gasteiger partial charge in [-0.1, -0.05) is 40.7 Å². The maximum Gasteiger partial charge on any atom is 0.209 e. The van der Waals surface area contributed by atoms with E-state index in [0.29, 0.717) is 11.7 Å². The van der Waals surface area contributed by atoms with Crippen molar-refractivity contribution in [1.82, 2.24) is 14.4 Å². The molecule has 1 aromatic carbocycles. The van der Waals surface area contributed by atoms with Gasteiger partial charge in [-0.2, -0.15) is 0 Å². The minimum absolute atomic E-state index is 0.0159. The topological polar surface area (TPSA) is 54.8 Å². The van der Waals surface area contributed by atoms with E-state index in [0.717, 1.165) is 68.9 Å². The van der Waals surface area contributed by atoms with Gasteiger partial charge in [-0.05, 0) is 83.5 Å². The van der Waals surface area contributed by atoms with Gasteiger partial charge in [0.15, 0.2) is 17.9 Å². The number of halogens is 1. The summed E-state index contributed by atoms with van der Waals surface area (Å²) in [4.78, 5) is 25.9. The van der Waals surface area contributed by atoms with Crippen LogP contribution in [-0.2, 0) is 11.3 Å². The molecule has 38 heavy (non-hydrogen) atoms. The predicted octanol–water partition coefficient (Wildman–Crippen LogP) is 6.81. The highest BCUT2D eigenvalue weighted by molar-refractivity contribution is 5.72. The number of aldehydes is 1. The highest BCUT2D eigenvalue weighted by Crippen LogP contribution is 2.29. The lowest BCUT2D eigenvalue weighted by atomic mass is 9.94. The van der Waals surface area contributed by atoms with E-state index in [2.05, 4.69) is 36.3 Å². The van der Waals surface area contributed by atoms with E-state index in [1.54, 1.807) is 6.07 Å². The Kier molecular flexibility index (Phi) is 18.0. The SMILES string of the molecule is CC.CC(C)C.CN(C)CCn1c(C=O)ccc1C1CCN(C=O)CC1.Cc1ccc(OC(C)C)c(F)c1. The predicted molar refractivity (Wildman–Crippen MR) is 157 cm³/mol. The second-order valence-corrected chi connectivity index (χ2v) is 10.5. The molecule has 1 saturated heterocycles. The Bertz CT molecular complexity index is 914. The third kappa shape index (κ3) is 13.8. The third-order valence-corrected chi connectivity index (χ3v) is 5.49. The van der Waals surface area contributed by atoms with Gasteiger partial charge in [0.05, 0.1) is 11.8 Å². The van der Waals surface area contributed by atoms with Crippen LogP contribution in [0.15, 0.2) is 30.3 Å². The van der Waals surface area contributed by atoms with Gasteiger partial charge < -0.3 is 19.1 Å². The Morgan fingerprint density at radius 3 is 2.05 bits per heavy atom. The molecule has 216 valence electrons. The second-order valence-electron chi connectivity index (χ2n) is 10.5. The number of benzene rings is 1. The Labute approximate surface area is 231 Å². The number of aryl methyl sites for hydroxylation is 1. The van der Waals surface area contributed by atoms with E-state index in [-0.39, 0.29) is 11.9 Å². The summed E-state index contributed by atoms with van der Waals surface area (Å²) >= 11 is 0.